The number of methoxy groups -OCH3 is 1. The molecule has 1 aliphatic heterocycles. The SMILES string of the molecule is COc1ccc(CN2CCOC(Cc3cn(CCC4CCCCC4)cn3)C2=O)cc1. The van der Waals surface area contributed by atoms with E-state index in [2.05, 4.69) is 15.7 Å². The fourth-order valence-electron chi connectivity index (χ4n) is 4.58. The third-order valence-corrected chi connectivity index (χ3v) is 6.40. The molecule has 1 amide bonds. The number of carbonyl (C=O) groups excluding carboxylic acids is 1. The van der Waals surface area contributed by atoms with Crippen LogP contribution in [-0.2, 0) is 29.0 Å². The van der Waals surface area contributed by atoms with E-state index in [0.717, 1.165) is 29.5 Å². The topological polar surface area (TPSA) is 56.6 Å². The average molecular weight is 412 g/mol. The molecule has 6 nitrogen and oxygen atoms in total. The van der Waals surface area contributed by atoms with Gasteiger partial charge in [0.25, 0.3) is 5.91 Å². The Kier molecular flexibility index (Phi) is 7.05. The molecule has 0 bridgehead atoms. The summed E-state index contributed by atoms with van der Waals surface area (Å²) < 4.78 is 13.2. The quantitative estimate of drug-likeness (QED) is 0.662. The van der Waals surface area contributed by atoms with Crippen LogP contribution in [0.1, 0.15) is 49.8 Å². The fraction of sp³-hybridized carbons (Fsp3) is 0.583. The molecule has 1 aromatic heterocycles. The third kappa shape index (κ3) is 5.42. The summed E-state index contributed by atoms with van der Waals surface area (Å²) in [5, 5.41) is 0. The second-order valence-electron chi connectivity index (χ2n) is 8.57. The zero-order valence-electron chi connectivity index (χ0n) is 18.0. The largest absolute Gasteiger partial charge is 0.497 e. The molecule has 162 valence electrons. The summed E-state index contributed by atoms with van der Waals surface area (Å²) in [7, 11) is 1.66. The monoisotopic (exact) mass is 411 g/mol. The predicted octanol–water partition coefficient (Wildman–Crippen LogP) is 3.83. The summed E-state index contributed by atoms with van der Waals surface area (Å²) in [6.07, 6.45) is 12.2. The van der Waals surface area contributed by atoms with Crippen LogP contribution in [0.4, 0.5) is 0 Å². The number of carbonyl (C=O) groups is 1. The van der Waals surface area contributed by atoms with E-state index in [1.54, 1.807) is 7.11 Å². The minimum absolute atomic E-state index is 0.0498. The summed E-state index contributed by atoms with van der Waals surface area (Å²) in [5.41, 5.74) is 2.03. The lowest BCUT2D eigenvalue weighted by molar-refractivity contribution is -0.153. The van der Waals surface area contributed by atoms with Crippen LogP contribution in [0.2, 0.25) is 0 Å². The van der Waals surface area contributed by atoms with Gasteiger partial charge in [0.15, 0.2) is 0 Å². The van der Waals surface area contributed by atoms with E-state index in [9.17, 15) is 4.79 Å². The lowest BCUT2D eigenvalue weighted by Gasteiger charge is -2.32. The Morgan fingerprint density at radius 2 is 1.97 bits per heavy atom. The highest BCUT2D eigenvalue weighted by atomic mass is 16.5. The van der Waals surface area contributed by atoms with Gasteiger partial charge in [-0.1, -0.05) is 44.2 Å². The van der Waals surface area contributed by atoms with Crippen molar-refractivity contribution in [3.8, 4) is 5.75 Å². The Labute approximate surface area is 179 Å². The first-order chi connectivity index (χ1) is 14.7. The van der Waals surface area contributed by atoms with E-state index in [4.69, 9.17) is 9.47 Å². The number of hydrogen-bond acceptors (Lipinski definition) is 4. The second kappa shape index (κ2) is 10.1. The van der Waals surface area contributed by atoms with Gasteiger partial charge in [-0.25, -0.2) is 4.98 Å². The van der Waals surface area contributed by atoms with Crippen molar-refractivity contribution in [1.82, 2.24) is 14.5 Å². The standard InChI is InChI=1S/C24H33N3O3/c1-29-22-9-7-20(8-10-22)16-27-13-14-30-23(24(27)28)15-21-17-26(18-25-21)12-11-19-5-3-2-4-6-19/h7-10,17-19,23H,2-6,11-16H2,1H3. The second-order valence-corrected chi connectivity index (χ2v) is 8.57. The van der Waals surface area contributed by atoms with Crippen molar-refractivity contribution >= 4 is 5.91 Å². The number of aryl methyl sites for hydroxylation is 1. The van der Waals surface area contributed by atoms with Crippen LogP contribution in [0.3, 0.4) is 0 Å². The molecule has 30 heavy (non-hydrogen) atoms. The molecule has 2 heterocycles. The normalized spacial score (nSPS) is 20.5. The van der Waals surface area contributed by atoms with Crippen LogP contribution in [0.15, 0.2) is 36.8 Å². The van der Waals surface area contributed by atoms with E-state index < -0.39 is 6.10 Å². The lowest BCUT2D eigenvalue weighted by atomic mass is 9.87. The van der Waals surface area contributed by atoms with Crippen molar-refractivity contribution in [3.05, 3.63) is 48.0 Å². The maximum Gasteiger partial charge on any atom is 0.252 e. The summed E-state index contributed by atoms with van der Waals surface area (Å²) in [6.45, 7) is 2.80. The molecule has 0 spiro atoms. The van der Waals surface area contributed by atoms with Crippen molar-refractivity contribution < 1.29 is 14.3 Å². The predicted molar refractivity (Wildman–Crippen MR) is 115 cm³/mol. The number of hydrogen-bond donors (Lipinski definition) is 0. The summed E-state index contributed by atoms with van der Waals surface area (Å²) in [5.74, 6) is 1.73. The minimum Gasteiger partial charge on any atom is -0.497 e. The van der Waals surface area contributed by atoms with Gasteiger partial charge in [-0.15, -0.1) is 0 Å². The van der Waals surface area contributed by atoms with Gasteiger partial charge >= 0.3 is 0 Å². The van der Waals surface area contributed by atoms with E-state index in [1.165, 1.54) is 38.5 Å². The van der Waals surface area contributed by atoms with Gasteiger partial charge in [-0.3, -0.25) is 4.79 Å². The van der Waals surface area contributed by atoms with E-state index in [1.807, 2.05) is 35.5 Å². The van der Waals surface area contributed by atoms with Crippen LogP contribution in [0.5, 0.6) is 5.75 Å². The molecule has 2 aromatic rings. The third-order valence-electron chi connectivity index (χ3n) is 6.40. The van der Waals surface area contributed by atoms with Gasteiger partial charge in [0.05, 0.1) is 25.7 Å². The summed E-state index contributed by atoms with van der Waals surface area (Å²) >= 11 is 0. The first-order valence-electron chi connectivity index (χ1n) is 11.3. The van der Waals surface area contributed by atoms with Gasteiger partial charge < -0.3 is 18.9 Å². The number of benzene rings is 1. The Morgan fingerprint density at radius 3 is 2.73 bits per heavy atom. The van der Waals surface area contributed by atoms with Crippen LogP contribution in [-0.4, -0.2) is 46.7 Å². The number of nitrogens with zero attached hydrogens (tertiary/aromatic N) is 3. The van der Waals surface area contributed by atoms with E-state index in [-0.39, 0.29) is 5.91 Å². The molecule has 4 rings (SSSR count). The maximum absolute atomic E-state index is 12.9. The molecule has 1 atom stereocenters. The summed E-state index contributed by atoms with van der Waals surface area (Å²) in [6, 6.07) is 7.87. The smallest absolute Gasteiger partial charge is 0.252 e. The van der Waals surface area contributed by atoms with E-state index >= 15 is 0 Å². The Morgan fingerprint density at radius 1 is 1.17 bits per heavy atom. The maximum atomic E-state index is 12.9. The van der Waals surface area contributed by atoms with Crippen molar-refractivity contribution in [2.24, 2.45) is 5.92 Å². The highest BCUT2D eigenvalue weighted by molar-refractivity contribution is 5.81. The highest BCUT2D eigenvalue weighted by Gasteiger charge is 2.30. The summed E-state index contributed by atoms with van der Waals surface area (Å²) in [4.78, 5) is 19.4. The van der Waals surface area contributed by atoms with Crippen molar-refractivity contribution in [2.45, 2.75) is 64.1 Å². The molecular formula is C24H33N3O3. The molecule has 1 unspecified atom stereocenters. The number of ether oxygens (including phenoxy) is 2. The van der Waals surface area contributed by atoms with Gasteiger partial charge in [0.2, 0.25) is 0 Å². The van der Waals surface area contributed by atoms with Crippen LogP contribution in [0.25, 0.3) is 0 Å². The molecule has 1 aliphatic carbocycles. The highest BCUT2D eigenvalue weighted by Crippen LogP contribution is 2.26. The van der Waals surface area contributed by atoms with Crippen molar-refractivity contribution in [2.75, 3.05) is 20.3 Å². The van der Waals surface area contributed by atoms with E-state index in [0.29, 0.717) is 26.1 Å². The van der Waals surface area contributed by atoms with Crippen LogP contribution >= 0.6 is 0 Å². The molecule has 1 saturated heterocycles. The van der Waals surface area contributed by atoms with Gasteiger partial charge in [0.1, 0.15) is 11.9 Å². The van der Waals surface area contributed by atoms with Crippen LogP contribution in [0, 0.1) is 5.92 Å². The molecule has 2 fully saturated rings. The molecule has 2 aliphatic rings. The minimum atomic E-state index is -0.446. The Bertz CT molecular complexity index is 811. The zero-order valence-corrected chi connectivity index (χ0v) is 18.0. The van der Waals surface area contributed by atoms with Crippen molar-refractivity contribution in [1.29, 1.82) is 0 Å². The number of morpholine rings is 1. The molecule has 1 aromatic carbocycles. The zero-order chi connectivity index (χ0) is 20.8. The number of rotatable bonds is 8. The molecule has 6 heteroatoms. The average Bonchev–Trinajstić information content (AvgIpc) is 3.24. The fourth-order valence-corrected chi connectivity index (χ4v) is 4.58. The Hall–Kier alpha value is -2.34. The van der Waals surface area contributed by atoms with Crippen molar-refractivity contribution in [3.63, 3.8) is 0 Å². The lowest BCUT2D eigenvalue weighted by Crippen LogP contribution is -2.48. The van der Waals surface area contributed by atoms with Crippen LogP contribution < -0.4 is 4.74 Å². The molecule has 1 saturated carbocycles. The first-order valence-corrected chi connectivity index (χ1v) is 11.3. The number of amides is 1. The Balaban J connectivity index is 1.29. The molecule has 0 radical (unpaired) electrons. The molecule has 0 N–H and O–H groups in total. The van der Waals surface area contributed by atoms with Gasteiger partial charge in [-0.05, 0) is 30.0 Å². The number of imidazole rings is 1. The van der Waals surface area contributed by atoms with Gasteiger partial charge in [-0.2, -0.15) is 0 Å². The van der Waals surface area contributed by atoms with Gasteiger partial charge in [0, 0.05) is 32.3 Å². The number of aromatic nitrogens is 2. The first kappa shape index (κ1) is 20.9. The molecular weight excluding hydrogens is 378 g/mol.